The number of carboxylic acid groups (broad SMARTS) is 1. The van der Waals surface area contributed by atoms with E-state index in [-0.39, 0.29) is 13.2 Å². The molecule has 2 amide bonds. The number of rotatable bonds is 3. The number of nitriles is 1. The van der Waals surface area contributed by atoms with Gasteiger partial charge in [-0.15, -0.1) is 0 Å². The number of hydrogen-bond donors (Lipinski definition) is 3. The number of amides is 2. The van der Waals surface area contributed by atoms with Crippen molar-refractivity contribution >= 4 is 17.7 Å². The van der Waals surface area contributed by atoms with Crippen LogP contribution in [0.15, 0.2) is 24.3 Å². The molecule has 2 atom stereocenters. The van der Waals surface area contributed by atoms with Crippen LogP contribution in [0.1, 0.15) is 5.56 Å². The molecule has 1 aromatic rings. The van der Waals surface area contributed by atoms with E-state index in [0.29, 0.717) is 11.3 Å². The summed E-state index contributed by atoms with van der Waals surface area (Å²) in [6.07, 6.45) is 0. The van der Waals surface area contributed by atoms with E-state index in [4.69, 9.17) is 15.1 Å². The minimum Gasteiger partial charge on any atom is -0.481 e. The lowest BCUT2D eigenvalue weighted by molar-refractivity contribution is -0.142. The third-order valence-corrected chi connectivity index (χ3v) is 2.99. The molecule has 20 heavy (non-hydrogen) atoms. The minimum absolute atomic E-state index is 0.0944. The molecule has 1 aromatic carbocycles. The minimum atomic E-state index is -0.994. The number of nitrogens with one attached hydrogen (secondary N) is 2. The fraction of sp³-hybridized carbons (Fsp3) is 0.308. The lowest BCUT2D eigenvalue weighted by atomic mass is 10.0. The molecule has 0 spiro atoms. The smallest absolute Gasteiger partial charge is 0.319 e. The molecule has 1 aliphatic heterocycles. The van der Waals surface area contributed by atoms with Gasteiger partial charge in [-0.05, 0) is 24.3 Å². The van der Waals surface area contributed by atoms with Crippen LogP contribution < -0.4 is 10.6 Å². The van der Waals surface area contributed by atoms with Crippen LogP contribution in [0.2, 0.25) is 0 Å². The fourth-order valence-corrected chi connectivity index (χ4v) is 1.90. The molecule has 1 saturated heterocycles. The molecule has 1 aliphatic rings. The predicted molar refractivity (Wildman–Crippen MR) is 69.0 cm³/mol. The molecule has 104 valence electrons. The van der Waals surface area contributed by atoms with Gasteiger partial charge in [0.2, 0.25) is 0 Å². The van der Waals surface area contributed by atoms with Gasteiger partial charge in [0.25, 0.3) is 0 Å². The van der Waals surface area contributed by atoms with Crippen molar-refractivity contribution in [1.82, 2.24) is 5.32 Å². The number of aliphatic carboxylic acids is 1. The molecule has 0 saturated carbocycles. The molecule has 2 rings (SSSR count). The number of carbonyl (C=O) groups excluding carboxylic acids is 1. The van der Waals surface area contributed by atoms with Crippen molar-refractivity contribution in [3.8, 4) is 6.07 Å². The van der Waals surface area contributed by atoms with Crippen molar-refractivity contribution in [2.75, 3.05) is 18.5 Å². The van der Waals surface area contributed by atoms with Gasteiger partial charge in [0, 0.05) is 5.69 Å². The van der Waals surface area contributed by atoms with Gasteiger partial charge in [0.1, 0.15) is 5.92 Å². The van der Waals surface area contributed by atoms with E-state index in [9.17, 15) is 9.59 Å². The number of carbonyl (C=O) groups is 2. The summed E-state index contributed by atoms with van der Waals surface area (Å²) in [4.78, 5) is 22.7. The molecule has 0 aromatic heterocycles. The lowest BCUT2D eigenvalue weighted by Gasteiger charge is -2.16. The monoisotopic (exact) mass is 275 g/mol. The molecular weight excluding hydrogens is 262 g/mol. The summed E-state index contributed by atoms with van der Waals surface area (Å²) in [5, 5.41) is 22.8. The maximum absolute atomic E-state index is 11.8. The van der Waals surface area contributed by atoms with Crippen LogP contribution in [-0.4, -0.2) is 36.4 Å². The normalized spacial score (nSPS) is 20.9. The highest BCUT2D eigenvalue weighted by atomic mass is 16.5. The van der Waals surface area contributed by atoms with Gasteiger partial charge in [-0.25, -0.2) is 4.79 Å². The van der Waals surface area contributed by atoms with E-state index >= 15 is 0 Å². The Kier molecular flexibility index (Phi) is 4.17. The molecule has 1 heterocycles. The van der Waals surface area contributed by atoms with Gasteiger partial charge in [0.15, 0.2) is 0 Å². The molecule has 7 heteroatoms. The molecule has 1 fully saturated rings. The Morgan fingerprint density at radius 2 is 2.00 bits per heavy atom. The number of carboxylic acids is 1. The first kappa shape index (κ1) is 13.8. The van der Waals surface area contributed by atoms with Crippen molar-refractivity contribution < 1.29 is 19.4 Å². The second-order valence-electron chi connectivity index (χ2n) is 4.38. The molecule has 0 bridgehead atoms. The van der Waals surface area contributed by atoms with Gasteiger partial charge in [-0.2, -0.15) is 5.26 Å². The molecule has 0 radical (unpaired) electrons. The molecule has 0 aliphatic carbocycles. The summed E-state index contributed by atoms with van der Waals surface area (Å²) >= 11 is 0. The van der Waals surface area contributed by atoms with Gasteiger partial charge in [-0.3, -0.25) is 4.79 Å². The number of urea groups is 1. The standard InChI is InChI=1S/C13H13N3O4/c14-5-8-1-3-9(4-2-8)15-13(19)16-11-7-20-6-10(11)12(17)18/h1-4,10-11H,6-7H2,(H,17,18)(H2,15,16,19). The van der Waals surface area contributed by atoms with Crippen LogP contribution in [0.4, 0.5) is 10.5 Å². The van der Waals surface area contributed by atoms with Crippen molar-refractivity contribution in [1.29, 1.82) is 5.26 Å². The number of hydrogen-bond acceptors (Lipinski definition) is 4. The lowest BCUT2D eigenvalue weighted by Crippen LogP contribution is -2.44. The summed E-state index contributed by atoms with van der Waals surface area (Å²) in [6, 6.07) is 7.27. The zero-order chi connectivity index (χ0) is 14.5. The maximum atomic E-state index is 11.8. The number of benzene rings is 1. The Bertz CT molecular complexity index is 550. The Morgan fingerprint density at radius 1 is 1.30 bits per heavy atom. The third-order valence-electron chi connectivity index (χ3n) is 2.99. The fourth-order valence-electron chi connectivity index (χ4n) is 1.90. The SMILES string of the molecule is N#Cc1ccc(NC(=O)NC2COCC2C(=O)O)cc1. The first-order valence-electron chi connectivity index (χ1n) is 5.98. The zero-order valence-electron chi connectivity index (χ0n) is 10.5. The van der Waals surface area contributed by atoms with Crippen molar-refractivity contribution in [2.45, 2.75) is 6.04 Å². The summed E-state index contributed by atoms with van der Waals surface area (Å²) in [5.41, 5.74) is 1.01. The van der Waals surface area contributed by atoms with Crippen LogP contribution in [-0.2, 0) is 9.53 Å². The van der Waals surface area contributed by atoms with Gasteiger partial charge in [-0.1, -0.05) is 0 Å². The molecule has 3 N–H and O–H groups in total. The van der Waals surface area contributed by atoms with Crippen LogP contribution in [0.5, 0.6) is 0 Å². The number of nitrogens with zero attached hydrogens (tertiary/aromatic N) is 1. The van der Waals surface area contributed by atoms with Crippen LogP contribution in [0.3, 0.4) is 0 Å². The topological polar surface area (TPSA) is 111 Å². The summed E-state index contributed by atoms with van der Waals surface area (Å²) in [7, 11) is 0. The Morgan fingerprint density at radius 3 is 2.60 bits per heavy atom. The van der Waals surface area contributed by atoms with Crippen molar-refractivity contribution in [3.63, 3.8) is 0 Å². The first-order valence-corrected chi connectivity index (χ1v) is 5.98. The highest BCUT2D eigenvalue weighted by molar-refractivity contribution is 5.90. The van der Waals surface area contributed by atoms with Crippen molar-refractivity contribution in [3.05, 3.63) is 29.8 Å². The maximum Gasteiger partial charge on any atom is 0.319 e. The van der Waals surface area contributed by atoms with Gasteiger partial charge in [0.05, 0.1) is 30.9 Å². The van der Waals surface area contributed by atoms with E-state index < -0.39 is 24.0 Å². The van der Waals surface area contributed by atoms with Crippen LogP contribution in [0, 0.1) is 17.2 Å². The highest BCUT2D eigenvalue weighted by Gasteiger charge is 2.35. The number of anilines is 1. The van der Waals surface area contributed by atoms with E-state index in [0.717, 1.165) is 0 Å². The van der Waals surface area contributed by atoms with Crippen LogP contribution >= 0.6 is 0 Å². The highest BCUT2D eigenvalue weighted by Crippen LogP contribution is 2.14. The quantitative estimate of drug-likeness (QED) is 0.754. The average molecular weight is 275 g/mol. The summed E-state index contributed by atoms with van der Waals surface area (Å²) < 4.78 is 5.05. The predicted octanol–water partition coefficient (Wildman–Crippen LogP) is 0.779. The summed E-state index contributed by atoms with van der Waals surface area (Å²) in [5.74, 6) is -1.73. The second-order valence-corrected chi connectivity index (χ2v) is 4.38. The Labute approximate surface area is 115 Å². The zero-order valence-corrected chi connectivity index (χ0v) is 10.5. The average Bonchev–Trinajstić information content (AvgIpc) is 2.87. The molecule has 7 nitrogen and oxygen atoms in total. The van der Waals surface area contributed by atoms with E-state index in [1.807, 2.05) is 6.07 Å². The Balaban J connectivity index is 1.92. The summed E-state index contributed by atoms with van der Waals surface area (Å²) in [6.45, 7) is 0.273. The van der Waals surface area contributed by atoms with E-state index in [1.54, 1.807) is 24.3 Å². The first-order chi connectivity index (χ1) is 9.60. The van der Waals surface area contributed by atoms with Crippen molar-refractivity contribution in [2.24, 2.45) is 5.92 Å². The van der Waals surface area contributed by atoms with E-state index in [2.05, 4.69) is 10.6 Å². The number of ether oxygens (including phenoxy) is 1. The van der Waals surface area contributed by atoms with E-state index in [1.165, 1.54) is 0 Å². The third kappa shape index (κ3) is 3.24. The Hall–Kier alpha value is -2.59. The molecular formula is C13H13N3O4. The molecule has 2 unspecified atom stereocenters. The van der Waals surface area contributed by atoms with Gasteiger partial charge < -0.3 is 20.5 Å². The second kappa shape index (κ2) is 6.04. The van der Waals surface area contributed by atoms with Crippen LogP contribution in [0.25, 0.3) is 0 Å². The van der Waals surface area contributed by atoms with Gasteiger partial charge >= 0.3 is 12.0 Å². The largest absolute Gasteiger partial charge is 0.481 e.